The Labute approximate surface area is 138 Å². The highest BCUT2D eigenvalue weighted by molar-refractivity contribution is 7.92. The summed E-state index contributed by atoms with van der Waals surface area (Å²) in [6.07, 6.45) is 1.95. The first-order valence-corrected chi connectivity index (χ1v) is 9.23. The lowest BCUT2D eigenvalue weighted by Gasteiger charge is -2.14. The Morgan fingerprint density at radius 1 is 1.00 bits per heavy atom. The lowest BCUT2D eigenvalue weighted by atomic mass is 10.2. The SMILES string of the molecule is CCCCOc1ccc(C)cc1NS(=O)(=O)c1ccc(C)cc1. The second-order valence-electron chi connectivity index (χ2n) is 5.62. The van der Waals surface area contributed by atoms with Crippen LogP contribution >= 0.6 is 0 Å². The quantitative estimate of drug-likeness (QED) is 0.769. The number of sulfonamides is 1. The molecule has 0 aliphatic rings. The van der Waals surface area contributed by atoms with Crippen molar-refractivity contribution in [2.75, 3.05) is 11.3 Å². The lowest BCUT2D eigenvalue weighted by molar-refractivity contribution is 0.311. The maximum absolute atomic E-state index is 12.5. The predicted octanol–water partition coefficient (Wildman–Crippen LogP) is 4.28. The lowest BCUT2D eigenvalue weighted by Crippen LogP contribution is -2.14. The van der Waals surface area contributed by atoms with Gasteiger partial charge in [-0.25, -0.2) is 8.42 Å². The van der Waals surface area contributed by atoms with Gasteiger partial charge in [-0.1, -0.05) is 37.1 Å². The van der Waals surface area contributed by atoms with Crippen LogP contribution in [0.5, 0.6) is 5.75 Å². The fourth-order valence-corrected chi connectivity index (χ4v) is 3.16. The van der Waals surface area contributed by atoms with E-state index in [1.807, 2.05) is 19.9 Å². The van der Waals surface area contributed by atoms with E-state index in [4.69, 9.17) is 4.74 Å². The van der Waals surface area contributed by atoms with Crippen LogP contribution in [0.2, 0.25) is 0 Å². The van der Waals surface area contributed by atoms with E-state index in [1.165, 1.54) is 0 Å². The fraction of sp³-hybridized carbons (Fsp3) is 0.333. The van der Waals surface area contributed by atoms with Crippen LogP contribution in [0.4, 0.5) is 5.69 Å². The van der Waals surface area contributed by atoms with Crippen molar-refractivity contribution in [2.45, 2.75) is 38.5 Å². The van der Waals surface area contributed by atoms with Gasteiger partial charge in [0.05, 0.1) is 17.2 Å². The van der Waals surface area contributed by atoms with Gasteiger partial charge in [-0.3, -0.25) is 4.72 Å². The number of ether oxygens (including phenoxy) is 1. The number of unbranched alkanes of at least 4 members (excludes halogenated alkanes) is 1. The Morgan fingerprint density at radius 3 is 2.30 bits per heavy atom. The van der Waals surface area contributed by atoms with Crippen molar-refractivity contribution < 1.29 is 13.2 Å². The van der Waals surface area contributed by atoms with E-state index in [0.717, 1.165) is 24.0 Å². The molecular formula is C18H23NO3S. The molecule has 2 rings (SSSR count). The summed E-state index contributed by atoms with van der Waals surface area (Å²) in [7, 11) is -3.63. The van der Waals surface area contributed by atoms with E-state index < -0.39 is 10.0 Å². The highest BCUT2D eigenvalue weighted by atomic mass is 32.2. The maximum atomic E-state index is 12.5. The van der Waals surface area contributed by atoms with Gasteiger partial charge < -0.3 is 4.74 Å². The number of hydrogen-bond donors (Lipinski definition) is 1. The number of anilines is 1. The Kier molecular flexibility index (Phi) is 5.66. The zero-order valence-corrected chi connectivity index (χ0v) is 14.6. The van der Waals surface area contributed by atoms with Gasteiger partial charge in [0.15, 0.2) is 0 Å². The smallest absolute Gasteiger partial charge is 0.262 e. The molecule has 0 aromatic heterocycles. The summed E-state index contributed by atoms with van der Waals surface area (Å²) in [5.74, 6) is 0.555. The molecule has 0 amide bonds. The highest BCUT2D eigenvalue weighted by Crippen LogP contribution is 2.28. The normalized spacial score (nSPS) is 11.3. The summed E-state index contributed by atoms with van der Waals surface area (Å²) in [6, 6.07) is 12.3. The summed E-state index contributed by atoms with van der Waals surface area (Å²) in [5, 5.41) is 0. The van der Waals surface area contributed by atoms with Gasteiger partial charge in [0.25, 0.3) is 10.0 Å². The minimum absolute atomic E-state index is 0.240. The Balaban J connectivity index is 2.27. The van der Waals surface area contributed by atoms with E-state index in [0.29, 0.717) is 18.0 Å². The van der Waals surface area contributed by atoms with Crippen LogP contribution in [0, 0.1) is 13.8 Å². The number of rotatable bonds is 7. The predicted molar refractivity (Wildman–Crippen MR) is 93.6 cm³/mol. The van der Waals surface area contributed by atoms with Gasteiger partial charge >= 0.3 is 0 Å². The first-order valence-electron chi connectivity index (χ1n) is 7.75. The van der Waals surface area contributed by atoms with Crippen LogP contribution < -0.4 is 9.46 Å². The third-order valence-electron chi connectivity index (χ3n) is 3.47. The van der Waals surface area contributed by atoms with Crippen molar-refractivity contribution in [3.05, 3.63) is 53.6 Å². The average molecular weight is 333 g/mol. The zero-order chi connectivity index (χ0) is 16.9. The van der Waals surface area contributed by atoms with Gasteiger partial charge in [-0.2, -0.15) is 0 Å². The van der Waals surface area contributed by atoms with Crippen LogP contribution in [0.25, 0.3) is 0 Å². The Hall–Kier alpha value is -2.01. The van der Waals surface area contributed by atoms with Gasteiger partial charge in [-0.15, -0.1) is 0 Å². The van der Waals surface area contributed by atoms with Gasteiger partial charge in [0.1, 0.15) is 5.75 Å². The molecule has 2 aromatic rings. The van der Waals surface area contributed by atoms with E-state index in [9.17, 15) is 8.42 Å². The molecular weight excluding hydrogens is 310 g/mol. The van der Waals surface area contributed by atoms with Gasteiger partial charge in [0.2, 0.25) is 0 Å². The van der Waals surface area contributed by atoms with Crippen LogP contribution in [-0.2, 0) is 10.0 Å². The molecule has 0 heterocycles. The molecule has 2 aromatic carbocycles. The summed E-state index contributed by atoms with van der Waals surface area (Å²) >= 11 is 0. The summed E-state index contributed by atoms with van der Waals surface area (Å²) in [5.41, 5.74) is 2.46. The largest absolute Gasteiger partial charge is 0.491 e. The number of hydrogen-bond acceptors (Lipinski definition) is 3. The van der Waals surface area contributed by atoms with E-state index in [2.05, 4.69) is 11.6 Å². The molecule has 1 N–H and O–H groups in total. The third kappa shape index (κ3) is 4.73. The van der Waals surface area contributed by atoms with Crippen molar-refractivity contribution in [3.63, 3.8) is 0 Å². The summed E-state index contributed by atoms with van der Waals surface area (Å²) < 4.78 is 33.4. The highest BCUT2D eigenvalue weighted by Gasteiger charge is 2.16. The number of aryl methyl sites for hydroxylation is 2. The molecule has 0 aliphatic heterocycles. The number of nitrogens with one attached hydrogen (secondary N) is 1. The number of benzene rings is 2. The minimum Gasteiger partial charge on any atom is -0.491 e. The zero-order valence-electron chi connectivity index (χ0n) is 13.8. The standard InChI is InChI=1S/C18H23NO3S/c1-4-5-12-22-18-11-8-15(3)13-17(18)19-23(20,21)16-9-6-14(2)7-10-16/h6-11,13,19H,4-5,12H2,1-3H3. The molecule has 23 heavy (non-hydrogen) atoms. The molecule has 0 saturated carbocycles. The van der Waals surface area contributed by atoms with E-state index >= 15 is 0 Å². The van der Waals surface area contributed by atoms with Gasteiger partial charge in [0, 0.05) is 0 Å². The molecule has 0 atom stereocenters. The van der Waals surface area contributed by atoms with Crippen LogP contribution in [0.3, 0.4) is 0 Å². The topological polar surface area (TPSA) is 55.4 Å². The molecule has 0 saturated heterocycles. The fourth-order valence-electron chi connectivity index (χ4n) is 2.10. The van der Waals surface area contributed by atoms with Gasteiger partial charge in [-0.05, 0) is 50.1 Å². The maximum Gasteiger partial charge on any atom is 0.262 e. The van der Waals surface area contributed by atoms with Crippen molar-refractivity contribution in [1.29, 1.82) is 0 Å². The Morgan fingerprint density at radius 2 is 1.65 bits per heavy atom. The molecule has 4 nitrogen and oxygen atoms in total. The molecule has 124 valence electrons. The van der Waals surface area contributed by atoms with Crippen LogP contribution in [0.15, 0.2) is 47.4 Å². The monoisotopic (exact) mass is 333 g/mol. The van der Waals surface area contributed by atoms with Crippen molar-refractivity contribution in [2.24, 2.45) is 0 Å². The molecule has 5 heteroatoms. The second-order valence-corrected chi connectivity index (χ2v) is 7.30. The van der Waals surface area contributed by atoms with Crippen molar-refractivity contribution in [3.8, 4) is 5.75 Å². The van der Waals surface area contributed by atoms with Crippen LogP contribution in [0.1, 0.15) is 30.9 Å². The van der Waals surface area contributed by atoms with E-state index in [-0.39, 0.29) is 4.90 Å². The first kappa shape index (κ1) is 17.3. The molecule has 0 radical (unpaired) electrons. The summed E-state index contributed by atoms with van der Waals surface area (Å²) in [6.45, 7) is 6.49. The first-order chi connectivity index (χ1) is 10.9. The third-order valence-corrected chi connectivity index (χ3v) is 4.85. The molecule has 0 spiro atoms. The van der Waals surface area contributed by atoms with Crippen molar-refractivity contribution in [1.82, 2.24) is 0 Å². The average Bonchev–Trinajstić information content (AvgIpc) is 2.50. The van der Waals surface area contributed by atoms with Crippen LogP contribution in [-0.4, -0.2) is 15.0 Å². The Bertz CT molecular complexity index is 752. The molecule has 0 fully saturated rings. The van der Waals surface area contributed by atoms with Crippen molar-refractivity contribution >= 4 is 15.7 Å². The molecule has 0 aliphatic carbocycles. The molecule has 0 unspecified atom stereocenters. The molecule has 0 bridgehead atoms. The second kappa shape index (κ2) is 7.51. The minimum atomic E-state index is -3.63. The summed E-state index contributed by atoms with van der Waals surface area (Å²) in [4.78, 5) is 0.240. The van der Waals surface area contributed by atoms with E-state index in [1.54, 1.807) is 36.4 Å².